The van der Waals surface area contributed by atoms with E-state index in [2.05, 4.69) is 6.07 Å². The number of rotatable bonds is 5. The van der Waals surface area contributed by atoms with E-state index in [0.29, 0.717) is 48.8 Å². The molecule has 3 rings (SSSR count). The molecule has 1 aliphatic heterocycles. The highest BCUT2D eigenvalue weighted by atomic mass is 35.5. The van der Waals surface area contributed by atoms with Gasteiger partial charge in [0.1, 0.15) is 11.9 Å². The van der Waals surface area contributed by atoms with Crippen molar-refractivity contribution in [1.29, 1.82) is 5.26 Å². The number of hydrogen-bond acceptors (Lipinski definition) is 4. The van der Waals surface area contributed by atoms with Crippen LogP contribution in [0.15, 0.2) is 41.3 Å². The predicted molar refractivity (Wildman–Crippen MR) is 111 cm³/mol. The quantitative estimate of drug-likeness (QED) is 0.752. The first kappa shape index (κ1) is 20.9. The third-order valence-corrected chi connectivity index (χ3v) is 5.28. The van der Waals surface area contributed by atoms with Crippen LogP contribution in [-0.2, 0) is 11.3 Å². The normalized spacial score (nSPS) is 14.7. The van der Waals surface area contributed by atoms with Crippen LogP contribution in [0.2, 0.25) is 5.02 Å². The van der Waals surface area contributed by atoms with Gasteiger partial charge in [0.05, 0.1) is 23.2 Å². The molecule has 0 N–H and O–H groups in total. The number of piperidine rings is 1. The lowest BCUT2D eigenvalue weighted by atomic mass is 10.1. The van der Waals surface area contributed by atoms with Crippen molar-refractivity contribution in [3.05, 3.63) is 63.0 Å². The molecule has 0 unspecified atom stereocenters. The smallest absolute Gasteiger partial charge is 0.254 e. The molecule has 0 bridgehead atoms. The predicted octanol–water partition coefficient (Wildman–Crippen LogP) is 3.45. The van der Waals surface area contributed by atoms with Crippen molar-refractivity contribution in [2.24, 2.45) is 5.92 Å². The maximum Gasteiger partial charge on any atom is 0.254 e. The number of carbonyl (C=O) groups excluding carboxylic acids is 1. The second-order valence-electron chi connectivity index (χ2n) is 7.56. The lowest BCUT2D eigenvalue weighted by molar-refractivity contribution is -0.136. The molecule has 1 aliphatic rings. The van der Waals surface area contributed by atoms with Gasteiger partial charge in [-0.25, -0.2) is 0 Å². The molecular weight excluding hydrogens is 390 g/mol. The summed E-state index contributed by atoms with van der Waals surface area (Å²) in [6.45, 7) is 5.41. The number of pyridine rings is 1. The number of benzene rings is 1. The monoisotopic (exact) mass is 413 g/mol. The van der Waals surface area contributed by atoms with Gasteiger partial charge in [-0.05, 0) is 17.7 Å². The van der Waals surface area contributed by atoms with Gasteiger partial charge in [-0.1, -0.05) is 37.6 Å². The van der Waals surface area contributed by atoms with Gasteiger partial charge in [0, 0.05) is 44.1 Å². The summed E-state index contributed by atoms with van der Waals surface area (Å²) < 4.78 is 7.47. The fraction of sp³-hybridized carbons (Fsp3) is 0.409. The number of nitriles is 1. The van der Waals surface area contributed by atoms with Crippen molar-refractivity contribution in [3.63, 3.8) is 0 Å². The highest BCUT2D eigenvalue weighted by molar-refractivity contribution is 6.31. The Morgan fingerprint density at radius 1 is 1.31 bits per heavy atom. The van der Waals surface area contributed by atoms with Gasteiger partial charge in [0.15, 0.2) is 0 Å². The molecule has 1 aromatic heterocycles. The Kier molecular flexibility index (Phi) is 6.60. The van der Waals surface area contributed by atoms with E-state index >= 15 is 0 Å². The minimum absolute atomic E-state index is 0.0108. The van der Waals surface area contributed by atoms with Crippen LogP contribution in [0.5, 0.6) is 5.75 Å². The topological polar surface area (TPSA) is 75.3 Å². The summed E-state index contributed by atoms with van der Waals surface area (Å²) in [7, 11) is 0. The van der Waals surface area contributed by atoms with Crippen molar-refractivity contribution in [3.8, 4) is 11.8 Å². The van der Waals surface area contributed by atoms with Crippen molar-refractivity contribution >= 4 is 17.5 Å². The molecule has 6 nitrogen and oxygen atoms in total. The molecule has 0 saturated carbocycles. The number of amides is 1. The van der Waals surface area contributed by atoms with E-state index in [1.54, 1.807) is 24.4 Å². The van der Waals surface area contributed by atoms with Crippen LogP contribution in [0.4, 0.5) is 0 Å². The summed E-state index contributed by atoms with van der Waals surface area (Å²) >= 11 is 6.36. The van der Waals surface area contributed by atoms with E-state index in [-0.39, 0.29) is 23.5 Å². The fourth-order valence-electron chi connectivity index (χ4n) is 3.42. The number of halogens is 1. The molecule has 152 valence electrons. The Balaban J connectivity index is 1.66. The average molecular weight is 414 g/mol. The summed E-state index contributed by atoms with van der Waals surface area (Å²) in [6.07, 6.45) is 2.90. The molecule has 7 heteroatoms. The Labute approximate surface area is 175 Å². The highest BCUT2D eigenvalue weighted by Crippen LogP contribution is 2.26. The minimum atomic E-state index is -0.223. The second-order valence-corrected chi connectivity index (χ2v) is 7.97. The van der Waals surface area contributed by atoms with Crippen LogP contribution < -0.4 is 10.3 Å². The van der Waals surface area contributed by atoms with E-state index in [1.165, 1.54) is 10.6 Å². The first-order valence-corrected chi connectivity index (χ1v) is 10.1. The van der Waals surface area contributed by atoms with Gasteiger partial charge in [-0.2, -0.15) is 5.26 Å². The van der Waals surface area contributed by atoms with Crippen LogP contribution in [0, 0.1) is 17.2 Å². The number of carbonyl (C=O) groups is 1. The standard InChI is InChI=1S/C22H24ClN3O3/c1-15(2)22(28)25-8-6-18(7-9-25)29-20-11-21(27)26(14-19(20)23)13-17-5-3-4-16(10-17)12-24/h3-5,10-11,14-15,18H,6-9,13H2,1-2H3. The minimum Gasteiger partial charge on any atom is -0.488 e. The SMILES string of the molecule is CC(C)C(=O)N1CCC(Oc2cc(=O)n(Cc3cccc(C#N)c3)cc2Cl)CC1. The van der Waals surface area contributed by atoms with Crippen LogP contribution in [0.3, 0.4) is 0 Å². The molecule has 1 fully saturated rings. The lowest BCUT2D eigenvalue weighted by Crippen LogP contribution is -2.43. The van der Waals surface area contributed by atoms with Gasteiger partial charge in [-0.3, -0.25) is 9.59 Å². The molecule has 29 heavy (non-hydrogen) atoms. The first-order chi connectivity index (χ1) is 13.9. The molecule has 1 aromatic carbocycles. The number of nitrogens with zero attached hydrogens (tertiary/aromatic N) is 3. The summed E-state index contributed by atoms with van der Waals surface area (Å²) in [5, 5.41) is 9.38. The molecule has 0 atom stereocenters. The van der Waals surface area contributed by atoms with Crippen LogP contribution in [-0.4, -0.2) is 34.6 Å². The van der Waals surface area contributed by atoms with Crippen molar-refractivity contribution < 1.29 is 9.53 Å². The molecular formula is C22H24ClN3O3. The Hall–Kier alpha value is -2.78. The molecule has 2 aromatic rings. The Morgan fingerprint density at radius 3 is 2.69 bits per heavy atom. The van der Waals surface area contributed by atoms with E-state index < -0.39 is 0 Å². The fourth-order valence-corrected chi connectivity index (χ4v) is 3.63. The molecule has 0 radical (unpaired) electrons. The highest BCUT2D eigenvalue weighted by Gasteiger charge is 2.25. The maximum absolute atomic E-state index is 12.5. The second kappa shape index (κ2) is 9.15. The number of aromatic nitrogens is 1. The summed E-state index contributed by atoms with van der Waals surface area (Å²) in [5.74, 6) is 0.514. The summed E-state index contributed by atoms with van der Waals surface area (Å²) in [5.41, 5.74) is 1.17. The maximum atomic E-state index is 12.5. The number of likely N-dealkylation sites (tertiary alicyclic amines) is 1. The first-order valence-electron chi connectivity index (χ1n) is 9.72. The number of hydrogen-bond donors (Lipinski definition) is 0. The van der Waals surface area contributed by atoms with Crippen LogP contribution in [0.1, 0.15) is 37.8 Å². The third-order valence-electron chi connectivity index (χ3n) is 4.99. The molecule has 1 saturated heterocycles. The molecule has 0 aliphatic carbocycles. The zero-order chi connectivity index (χ0) is 21.0. The zero-order valence-electron chi connectivity index (χ0n) is 16.6. The van der Waals surface area contributed by atoms with Crippen molar-refractivity contribution in [2.45, 2.75) is 39.3 Å². The van der Waals surface area contributed by atoms with Crippen molar-refractivity contribution in [1.82, 2.24) is 9.47 Å². The van der Waals surface area contributed by atoms with Crippen LogP contribution in [0.25, 0.3) is 0 Å². The lowest BCUT2D eigenvalue weighted by Gasteiger charge is -2.33. The largest absolute Gasteiger partial charge is 0.488 e. The van der Waals surface area contributed by atoms with E-state index in [0.717, 1.165) is 5.56 Å². The van der Waals surface area contributed by atoms with Gasteiger partial charge in [0.2, 0.25) is 5.91 Å². The van der Waals surface area contributed by atoms with Gasteiger partial charge in [0.25, 0.3) is 5.56 Å². The molecule has 1 amide bonds. The zero-order valence-corrected chi connectivity index (χ0v) is 17.4. The molecule has 0 spiro atoms. The van der Waals surface area contributed by atoms with Crippen molar-refractivity contribution in [2.75, 3.05) is 13.1 Å². The molecule has 2 heterocycles. The van der Waals surface area contributed by atoms with E-state index in [9.17, 15) is 9.59 Å². The summed E-state index contributed by atoms with van der Waals surface area (Å²) in [6, 6.07) is 10.6. The Morgan fingerprint density at radius 2 is 2.03 bits per heavy atom. The Bertz CT molecular complexity index is 986. The summed E-state index contributed by atoms with van der Waals surface area (Å²) in [4.78, 5) is 26.5. The van der Waals surface area contributed by atoms with E-state index in [1.807, 2.05) is 24.8 Å². The van der Waals surface area contributed by atoms with Gasteiger partial charge < -0.3 is 14.2 Å². The van der Waals surface area contributed by atoms with Crippen LogP contribution >= 0.6 is 11.6 Å². The average Bonchev–Trinajstić information content (AvgIpc) is 2.71. The van der Waals surface area contributed by atoms with Gasteiger partial charge in [-0.15, -0.1) is 0 Å². The number of ether oxygens (including phenoxy) is 1. The third kappa shape index (κ3) is 5.18. The van der Waals surface area contributed by atoms with E-state index in [4.69, 9.17) is 21.6 Å². The van der Waals surface area contributed by atoms with Gasteiger partial charge >= 0.3 is 0 Å².